The first-order chi connectivity index (χ1) is 19.1. The molecule has 0 atom stereocenters. The molecule has 1 aliphatic rings. The minimum Gasteiger partial charge on any atom is -0.383 e. The molecule has 198 valence electrons. The fourth-order valence-electron chi connectivity index (χ4n) is 4.59. The summed E-state index contributed by atoms with van der Waals surface area (Å²) >= 11 is 0. The summed E-state index contributed by atoms with van der Waals surface area (Å²) in [5, 5.41) is 16.2. The van der Waals surface area contributed by atoms with Gasteiger partial charge in [-0.2, -0.15) is 5.10 Å². The number of ether oxygens (including phenoxy) is 1. The van der Waals surface area contributed by atoms with Gasteiger partial charge in [-0.05, 0) is 60.4 Å². The maximum absolute atomic E-state index is 14.3. The number of halogens is 1. The van der Waals surface area contributed by atoms with Crippen molar-refractivity contribution < 1.29 is 9.13 Å². The van der Waals surface area contributed by atoms with E-state index in [4.69, 9.17) is 14.7 Å². The van der Waals surface area contributed by atoms with E-state index in [0.717, 1.165) is 53.2 Å². The number of aryl methyl sites for hydroxylation is 1. The number of nitrogens with one attached hydrogen (secondary N) is 1. The van der Waals surface area contributed by atoms with Crippen LogP contribution in [-0.4, -0.2) is 54.8 Å². The van der Waals surface area contributed by atoms with Crippen molar-refractivity contribution in [3.63, 3.8) is 0 Å². The third kappa shape index (κ3) is 5.47. The molecule has 39 heavy (non-hydrogen) atoms. The van der Waals surface area contributed by atoms with Crippen LogP contribution in [0.1, 0.15) is 30.1 Å². The molecule has 4 heterocycles. The molecule has 0 amide bonds. The minimum atomic E-state index is -0.325. The van der Waals surface area contributed by atoms with Crippen molar-refractivity contribution >= 4 is 0 Å². The number of rotatable bonds is 10. The van der Waals surface area contributed by atoms with Gasteiger partial charge in [0, 0.05) is 56.2 Å². The number of nitrogens with zero attached hydrogens (tertiary/aromatic N) is 7. The van der Waals surface area contributed by atoms with Crippen LogP contribution in [0.5, 0.6) is 0 Å². The average molecular weight is 525 g/mol. The van der Waals surface area contributed by atoms with Crippen LogP contribution in [0.4, 0.5) is 4.39 Å². The summed E-state index contributed by atoms with van der Waals surface area (Å²) in [6.07, 6.45) is 7.57. The lowest BCUT2D eigenvalue weighted by molar-refractivity contribution is 0.199. The summed E-state index contributed by atoms with van der Waals surface area (Å²) in [6.45, 7) is 2.07. The number of methoxy groups -OCH3 is 1. The lowest BCUT2D eigenvalue weighted by Gasteiger charge is -2.13. The molecule has 0 unspecified atom stereocenters. The van der Waals surface area contributed by atoms with E-state index in [1.807, 2.05) is 37.5 Å². The van der Waals surface area contributed by atoms with Gasteiger partial charge in [0.1, 0.15) is 12.1 Å². The van der Waals surface area contributed by atoms with Gasteiger partial charge in [-0.15, -0.1) is 10.2 Å². The second-order valence-corrected chi connectivity index (χ2v) is 9.73. The lowest BCUT2D eigenvalue weighted by Crippen LogP contribution is -2.19. The zero-order valence-electron chi connectivity index (χ0n) is 21.9. The maximum atomic E-state index is 14.3. The van der Waals surface area contributed by atoms with E-state index < -0.39 is 0 Å². The molecule has 0 aliphatic heterocycles. The van der Waals surface area contributed by atoms with E-state index in [-0.39, 0.29) is 5.82 Å². The van der Waals surface area contributed by atoms with E-state index in [2.05, 4.69) is 26.7 Å². The van der Waals surface area contributed by atoms with Gasteiger partial charge in [-0.25, -0.2) is 14.1 Å². The van der Waals surface area contributed by atoms with Gasteiger partial charge in [0.05, 0.1) is 24.2 Å². The van der Waals surface area contributed by atoms with Crippen LogP contribution >= 0.6 is 0 Å². The largest absolute Gasteiger partial charge is 0.383 e. The highest BCUT2D eigenvalue weighted by molar-refractivity contribution is 5.81. The molecule has 1 saturated carbocycles. The molecular weight excluding hydrogens is 495 g/mol. The molecule has 1 N–H and O–H groups in total. The van der Waals surface area contributed by atoms with Gasteiger partial charge < -0.3 is 14.6 Å². The van der Waals surface area contributed by atoms with Crippen molar-refractivity contribution in [2.24, 2.45) is 7.05 Å². The van der Waals surface area contributed by atoms with Crippen molar-refractivity contribution in [2.75, 3.05) is 20.3 Å². The van der Waals surface area contributed by atoms with Crippen molar-refractivity contribution in [1.82, 2.24) is 39.8 Å². The normalized spacial score (nSPS) is 13.2. The van der Waals surface area contributed by atoms with E-state index in [9.17, 15) is 4.39 Å². The highest BCUT2D eigenvalue weighted by Gasteiger charge is 2.27. The number of hydrogen-bond donors (Lipinski definition) is 1. The zero-order valence-corrected chi connectivity index (χ0v) is 21.9. The molecule has 0 bridgehead atoms. The van der Waals surface area contributed by atoms with Crippen LogP contribution in [0.15, 0.2) is 67.3 Å². The Morgan fingerprint density at radius 2 is 1.95 bits per heavy atom. The Kier molecular flexibility index (Phi) is 6.95. The number of aromatic nitrogens is 7. The highest BCUT2D eigenvalue weighted by atomic mass is 19.1. The molecule has 4 aromatic heterocycles. The molecule has 1 aromatic carbocycles. The summed E-state index contributed by atoms with van der Waals surface area (Å²) in [4.78, 5) is 9.75. The predicted molar refractivity (Wildman–Crippen MR) is 146 cm³/mol. The zero-order chi connectivity index (χ0) is 26.8. The van der Waals surface area contributed by atoms with Crippen LogP contribution in [0, 0.1) is 5.82 Å². The number of benzene rings is 1. The first-order valence-electron chi connectivity index (χ1n) is 13.0. The summed E-state index contributed by atoms with van der Waals surface area (Å²) in [5.74, 6) is 1.39. The Labute approximate surface area is 225 Å². The topological polar surface area (TPSA) is 95.6 Å². The molecular formula is C29H29FN8O. The van der Waals surface area contributed by atoms with Crippen molar-refractivity contribution in [2.45, 2.75) is 25.3 Å². The van der Waals surface area contributed by atoms with E-state index in [1.54, 1.807) is 34.9 Å². The third-order valence-corrected chi connectivity index (χ3v) is 6.78. The van der Waals surface area contributed by atoms with Gasteiger partial charge in [-0.1, -0.05) is 12.1 Å². The van der Waals surface area contributed by atoms with Crippen LogP contribution < -0.4 is 5.32 Å². The molecule has 1 aliphatic carbocycles. The number of pyridine rings is 2. The SMILES string of the molecule is COCCNCc1cccc(-c2cnn(-c3cc(-c4ccc(F)cc4-c4nncn4C)cc(C4CC4)n3)c2)n1. The van der Waals surface area contributed by atoms with Gasteiger partial charge in [0.2, 0.25) is 0 Å². The van der Waals surface area contributed by atoms with E-state index in [1.165, 1.54) is 12.1 Å². The second kappa shape index (κ2) is 10.8. The fraction of sp³-hybridized carbons (Fsp3) is 0.276. The molecule has 6 rings (SSSR count). The van der Waals surface area contributed by atoms with Crippen molar-refractivity contribution in [3.05, 3.63) is 84.5 Å². The fourth-order valence-corrected chi connectivity index (χ4v) is 4.59. The van der Waals surface area contributed by atoms with Crippen LogP contribution in [-0.2, 0) is 18.3 Å². The smallest absolute Gasteiger partial charge is 0.164 e. The third-order valence-electron chi connectivity index (χ3n) is 6.78. The molecule has 0 saturated heterocycles. The van der Waals surface area contributed by atoms with Crippen molar-refractivity contribution in [3.8, 4) is 39.6 Å². The van der Waals surface area contributed by atoms with Gasteiger partial charge >= 0.3 is 0 Å². The van der Waals surface area contributed by atoms with Gasteiger partial charge in [0.15, 0.2) is 11.6 Å². The predicted octanol–water partition coefficient (Wildman–Crippen LogP) is 4.54. The first kappa shape index (κ1) is 25.0. The summed E-state index contributed by atoms with van der Waals surface area (Å²) < 4.78 is 23.0. The Balaban J connectivity index is 1.35. The Morgan fingerprint density at radius 1 is 1.05 bits per heavy atom. The summed E-state index contributed by atoms with van der Waals surface area (Å²) in [5.41, 5.74) is 6.16. The molecule has 9 nitrogen and oxygen atoms in total. The maximum Gasteiger partial charge on any atom is 0.164 e. The molecule has 0 spiro atoms. The van der Waals surface area contributed by atoms with E-state index >= 15 is 0 Å². The highest BCUT2D eigenvalue weighted by Crippen LogP contribution is 2.42. The van der Waals surface area contributed by atoms with Crippen LogP contribution in [0.2, 0.25) is 0 Å². The standard InChI is InChI=1S/C29H29FN8O/c1-37-18-32-36-29(37)25-14-22(30)8-9-24(25)20-12-27(19-6-7-19)35-28(13-20)38-17-21(15-33-38)26-5-3-4-23(34-26)16-31-10-11-39-2/h3-5,8-9,12-15,17-19,31H,6-7,10-11,16H2,1-2H3. The molecule has 5 aromatic rings. The number of hydrogen-bond acceptors (Lipinski definition) is 7. The Bertz CT molecular complexity index is 1610. The lowest BCUT2D eigenvalue weighted by atomic mass is 9.98. The minimum absolute atomic E-state index is 0.325. The molecule has 0 radical (unpaired) electrons. The summed E-state index contributed by atoms with van der Waals surface area (Å²) in [7, 11) is 3.54. The van der Waals surface area contributed by atoms with Gasteiger partial charge in [-0.3, -0.25) is 4.98 Å². The second-order valence-electron chi connectivity index (χ2n) is 9.73. The van der Waals surface area contributed by atoms with Crippen molar-refractivity contribution in [1.29, 1.82) is 0 Å². The first-order valence-corrected chi connectivity index (χ1v) is 13.0. The average Bonchev–Trinajstić information content (AvgIpc) is 3.53. The summed E-state index contributed by atoms with van der Waals surface area (Å²) in [6, 6.07) is 14.8. The molecule has 1 fully saturated rings. The monoisotopic (exact) mass is 524 g/mol. The van der Waals surface area contributed by atoms with Crippen LogP contribution in [0.25, 0.3) is 39.6 Å². The van der Waals surface area contributed by atoms with Gasteiger partial charge in [0.25, 0.3) is 0 Å². The van der Waals surface area contributed by atoms with Crippen LogP contribution in [0.3, 0.4) is 0 Å². The van der Waals surface area contributed by atoms with E-state index in [0.29, 0.717) is 36.3 Å². The Morgan fingerprint density at radius 3 is 2.74 bits per heavy atom. The molecule has 10 heteroatoms. The Hall–Kier alpha value is -4.28. The quantitative estimate of drug-likeness (QED) is 0.268.